The minimum atomic E-state index is -1.02. The fourth-order valence-corrected chi connectivity index (χ4v) is 1.95. The van der Waals surface area contributed by atoms with E-state index in [1.807, 2.05) is 18.2 Å². The minimum absolute atomic E-state index is 0.0749. The summed E-state index contributed by atoms with van der Waals surface area (Å²) in [7, 11) is 0. The van der Waals surface area contributed by atoms with Crippen molar-refractivity contribution in [3.05, 3.63) is 58.0 Å². The fraction of sp³-hybridized carbons (Fsp3) is 0.250. The topological polar surface area (TPSA) is 101 Å². The molecule has 0 radical (unpaired) electrons. The van der Waals surface area contributed by atoms with E-state index in [2.05, 4.69) is 10.4 Å². The lowest BCUT2D eigenvalue weighted by Gasteiger charge is -2.12. The summed E-state index contributed by atoms with van der Waals surface area (Å²) in [6.07, 6.45) is 0. The van der Waals surface area contributed by atoms with Gasteiger partial charge in [-0.3, -0.25) is 14.4 Å². The molecule has 1 atom stereocenters. The van der Waals surface area contributed by atoms with Gasteiger partial charge in [0.2, 0.25) is 5.43 Å². The number of rotatable bonds is 5. The maximum atomic E-state index is 12.1. The van der Waals surface area contributed by atoms with Gasteiger partial charge in [0.15, 0.2) is 5.69 Å². The number of carboxylic acids is 1. The van der Waals surface area contributed by atoms with Gasteiger partial charge in [0, 0.05) is 18.3 Å². The van der Waals surface area contributed by atoms with Crippen molar-refractivity contribution in [2.24, 2.45) is 5.92 Å². The van der Waals surface area contributed by atoms with Crippen LogP contribution < -0.4 is 10.7 Å². The van der Waals surface area contributed by atoms with Crippen LogP contribution in [0.25, 0.3) is 5.69 Å². The molecule has 1 aromatic carbocycles. The molecule has 0 bridgehead atoms. The largest absolute Gasteiger partial charge is 0.481 e. The Balaban J connectivity index is 2.31. The lowest BCUT2D eigenvalue weighted by atomic mass is 10.2. The average molecular weight is 315 g/mol. The molecule has 7 nitrogen and oxygen atoms in total. The molecule has 2 rings (SSSR count). The van der Waals surface area contributed by atoms with Crippen molar-refractivity contribution in [2.75, 3.05) is 6.54 Å². The van der Waals surface area contributed by atoms with Gasteiger partial charge in [0.25, 0.3) is 5.91 Å². The molecule has 120 valence electrons. The molecule has 7 heteroatoms. The summed E-state index contributed by atoms with van der Waals surface area (Å²) in [4.78, 5) is 34.9. The van der Waals surface area contributed by atoms with E-state index in [0.717, 1.165) is 5.69 Å². The number of nitrogens with one attached hydrogen (secondary N) is 1. The van der Waals surface area contributed by atoms with Crippen LogP contribution in [0.5, 0.6) is 0 Å². The van der Waals surface area contributed by atoms with Gasteiger partial charge >= 0.3 is 5.97 Å². The Labute approximate surface area is 132 Å². The number of aryl methyl sites for hydroxylation is 1. The van der Waals surface area contributed by atoms with E-state index < -0.39 is 23.2 Å². The molecular formula is C16H17N3O4. The number of hydrogen-bond donors (Lipinski definition) is 2. The normalized spacial score (nSPS) is 11.7. The number of aliphatic carboxylic acids is 1. The second-order valence-electron chi connectivity index (χ2n) is 5.20. The molecule has 0 saturated carbocycles. The summed E-state index contributed by atoms with van der Waals surface area (Å²) in [5, 5.41) is 15.3. The highest BCUT2D eigenvalue weighted by Gasteiger charge is 2.17. The molecular weight excluding hydrogens is 298 g/mol. The van der Waals surface area contributed by atoms with Gasteiger partial charge in [-0.2, -0.15) is 5.10 Å². The summed E-state index contributed by atoms with van der Waals surface area (Å²) in [5.41, 5.74) is 0.543. The summed E-state index contributed by atoms with van der Waals surface area (Å²) in [6, 6.07) is 10.4. The quantitative estimate of drug-likeness (QED) is 0.857. The van der Waals surface area contributed by atoms with Crippen molar-refractivity contribution in [2.45, 2.75) is 13.8 Å². The number of nitrogens with zero attached hydrogens (tertiary/aromatic N) is 2. The van der Waals surface area contributed by atoms with Gasteiger partial charge < -0.3 is 10.4 Å². The Morgan fingerprint density at radius 1 is 1.30 bits per heavy atom. The van der Waals surface area contributed by atoms with Crippen molar-refractivity contribution >= 4 is 11.9 Å². The van der Waals surface area contributed by atoms with Crippen LogP contribution in [-0.4, -0.2) is 33.3 Å². The van der Waals surface area contributed by atoms with Crippen LogP contribution in [0.1, 0.15) is 23.1 Å². The maximum Gasteiger partial charge on any atom is 0.308 e. The molecule has 0 spiro atoms. The van der Waals surface area contributed by atoms with E-state index in [9.17, 15) is 14.4 Å². The highest BCUT2D eigenvalue weighted by atomic mass is 16.4. The zero-order valence-corrected chi connectivity index (χ0v) is 12.8. The SMILES string of the molecule is Cc1cc(=O)c(C(=O)NCC(C)C(=O)O)nn1-c1ccccc1. The van der Waals surface area contributed by atoms with E-state index in [-0.39, 0.29) is 12.2 Å². The van der Waals surface area contributed by atoms with Crippen LogP contribution in [0.15, 0.2) is 41.2 Å². The van der Waals surface area contributed by atoms with Crippen LogP contribution in [-0.2, 0) is 4.79 Å². The standard InChI is InChI=1S/C16H17N3O4/c1-10(16(22)23)9-17-15(21)14-13(20)8-11(2)19(18-14)12-6-4-3-5-7-12/h3-8,10H,9H2,1-2H3,(H,17,21)(H,22,23). The van der Waals surface area contributed by atoms with Crippen LogP contribution in [0.2, 0.25) is 0 Å². The highest BCUT2D eigenvalue weighted by Crippen LogP contribution is 2.07. The van der Waals surface area contributed by atoms with Gasteiger partial charge in [-0.15, -0.1) is 0 Å². The Morgan fingerprint density at radius 2 is 1.96 bits per heavy atom. The molecule has 0 aliphatic carbocycles. The molecule has 1 amide bonds. The predicted molar refractivity (Wildman–Crippen MR) is 83.7 cm³/mol. The van der Waals surface area contributed by atoms with E-state index in [0.29, 0.717) is 5.69 Å². The van der Waals surface area contributed by atoms with Gasteiger partial charge in [-0.25, -0.2) is 4.68 Å². The number of benzene rings is 1. The lowest BCUT2D eigenvalue weighted by molar-refractivity contribution is -0.140. The molecule has 2 N–H and O–H groups in total. The van der Waals surface area contributed by atoms with E-state index in [1.54, 1.807) is 19.1 Å². The highest BCUT2D eigenvalue weighted by molar-refractivity contribution is 5.92. The number of amides is 1. The number of aromatic nitrogens is 2. The third-order valence-electron chi connectivity index (χ3n) is 3.31. The summed E-state index contributed by atoms with van der Waals surface area (Å²) in [5.74, 6) is -2.46. The molecule has 0 fully saturated rings. The van der Waals surface area contributed by atoms with Gasteiger partial charge in [-0.05, 0) is 19.1 Å². The number of para-hydroxylation sites is 1. The zero-order valence-electron chi connectivity index (χ0n) is 12.8. The molecule has 0 aliphatic heterocycles. The van der Waals surface area contributed by atoms with Gasteiger partial charge in [-0.1, -0.05) is 25.1 Å². The van der Waals surface area contributed by atoms with Crippen molar-refractivity contribution in [3.63, 3.8) is 0 Å². The van der Waals surface area contributed by atoms with E-state index >= 15 is 0 Å². The van der Waals surface area contributed by atoms with Gasteiger partial charge in [0.1, 0.15) is 0 Å². The minimum Gasteiger partial charge on any atom is -0.481 e. The average Bonchev–Trinajstić information content (AvgIpc) is 2.53. The number of carbonyl (C=O) groups is 2. The van der Waals surface area contributed by atoms with Crippen LogP contribution >= 0.6 is 0 Å². The monoisotopic (exact) mass is 315 g/mol. The summed E-state index contributed by atoms with van der Waals surface area (Å²) >= 11 is 0. The Bertz CT molecular complexity index is 784. The number of hydrogen-bond acceptors (Lipinski definition) is 4. The first-order valence-electron chi connectivity index (χ1n) is 7.07. The third-order valence-corrected chi connectivity index (χ3v) is 3.31. The van der Waals surface area contributed by atoms with E-state index in [4.69, 9.17) is 5.11 Å². The van der Waals surface area contributed by atoms with Crippen LogP contribution in [0.3, 0.4) is 0 Å². The Kier molecular flexibility index (Phi) is 4.90. The van der Waals surface area contributed by atoms with Crippen molar-refractivity contribution in [1.29, 1.82) is 0 Å². The molecule has 1 heterocycles. The maximum absolute atomic E-state index is 12.1. The number of carboxylic acid groups (broad SMARTS) is 1. The molecule has 23 heavy (non-hydrogen) atoms. The molecule has 1 unspecified atom stereocenters. The van der Waals surface area contributed by atoms with Crippen LogP contribution in [0.4, 0.5) is 0 Å². The van der Waals surface area contributed by atoms with Crippen LogP contribution in [0, 0.1) is 12.8 Å². The molecule has 2 aromatic rings. The summed E-state index contributed by atoms with van der Waals surface area (Å²) in [6.45, 7) is 3.11. The second-order valence-corrected chi connectivity index (χ2v) is 5.20. The third kappa shape index (κ3) is 3.82. The zero-order chi connectivity index (χ0) is 17.0. The van der Waals surface area contributed by atoms with Crippen molar-refractivity contribution in [1.82, 2.24) is 15.1 Å². The van der Waals surface area contributed by atoms with Crippen molar-refractivity contribution < 1.29 is 14.7 Å². The smallest absolute Gasteiger partial charge is 0.308 e. The Morgan fingerprint density at radius 3 is 2.57 bits per heavy atom. The first kappa shape index (κ1) is 16.4. The predicted octanol–water partition coefficient (Wildman–Crippen LogP) is 0.991. The fourth-order valence-electron chi connectivity index (χ4n) is 1.95. The first-order chi connectivity index (χ1) is 10.9. The molecule has 0 aliphatic rings. The van der Waals surface area contributed by atoms with E-state index in [1.165, 1.54) is 17.7 Å². The number of carbonyl (C=O) groups excluding carboxylic acids is 1. The first-order valence-corrected chi connectivity index (χ1v) is 7.07. The van der Waals surface area contributed by atoms with Gasteiger partial charge in [0.05, 0.1) is 11.6 Å². The molecule has 1 aromatic heterocycles. The summed E-state index contributed by atoms with van der Waals surface area (Å²) < 4.78 is 1.50. The Hall–Kier alpha value is -2.96. The van der Waals surface area contributed by atoms with Crippen molar-refractivity contribution in [3.8, 4) is 5.69 Å². The molecule has 0 saturated heterocycles. The second kappa shape index (κ2) is 6.87. The lowest BCUT2D eigenvalue weighted by Crippen LogP contribution is -2.36.